The summed E-state index contributed by atoms with van der Waals surface area (Å²) in [5.74, 6) is -1.04. The van der Waals surface area contributed by atoms with Gasteiger partial charge in [0.15, 0.2) is 6.61 Å². The topological polar surface area (TPSA) is 113 Å². The average Bonchev–Trinajstić information content (AvgIpc) is 2.92. The van der Waals surface area contributed by atoms with Crippen molar-refractivity contribution in [2.45, 2.75) is 39.3 Å². The van der Waals surface area contributed by atoms with Gasteiger partial charge in [0, 0.05) is 6.54 Å². The summed E-state index contributed by atoms with van der Waals surface area (Å²) in [6, 6.07) is 5.66. The number of nitrogens with one attached hydrogen (secondary N) is 1. The van der Waals surface area contributed by atoms with Crippen LogP contribution in [0.3, 0.4) is 0 Å². The molecular formula is C18H26N2O6S. The molecule has 1 aliphatic rings. The monoisotopic (exact) mass is 398 g/mol. The number of benzene rings is 1. The molecule has 1 heterocycles. The number of hydrogen-bond acceptors (Lipinski definition) is 5. The maximum absolute atomic E-state index is 12.8. The second-order valence-corrected chi connectivity index (χ2v) is 8.99. The number of rotatable bonds is 8. The lowest BCUT2D eigenvalue weighted by Gasteiger charge is -2.29. The van der Waals surface area contributed by atoms with Crippen LogP contribution in [0, 0.1) is 5.92 Å². The van der Waals surface area contributed by atoms with Gasteiger partial charge in [-0.15, -0.1) is 0 Å². The van der Waals surface area contributed by atoms with E-state index in [4.69, 9.17) is 9.84 Å². The second kappa shape index (κ2) is 8.71. The van der Waals surface area contributed by atoms with Gasteiger partial charge in [-0.3, -0.25) is 4.79 Å². The summed E-state index contributed by atoms with van der Waals surface area (Å²) in [6.45, 7) is 5.41. The van der Waals surface area contributed by atoms with Gasteiger partial charge in [-0.25, -0.2) is 13.2 Å². The van der Waals surface area contributed by atoms with E-state index in [0.717, 1.165) is 5.56 Å². The molecule has 2 atom stereocenters. The number of carboxylic acid groups (broad SMARTS) is 1. The van der Waals surface area contributed by atoms with Crippen molar-refractivity contribution in [3.63, 3.8) is 0 Å². The van der Waals surface area contributed by atoms with E-state index in [9.17, 15) is 18.0 Å². The Morgan fingerprint density at radius 3 is 2.33 bits per heavy atom. The number of ether oxygens (including phenoxy) is 1. The summed E-state index contributed by atoms with van der Waals surface area (Å²) >= 11 is 0. The molecule has 0 bridgehead atoms. The van der Waals surface area contributed by atoms with E-state index in [1.165, 1.54) is 4.31 Å². The number of amides is 1. The lowest BCUT2D eigenvalue weighted by atomic mass is 10.0. The molecule has 2 unspecified atom stereocenters. The minimum Gasteiger partial charge on any atom is -0.482 e. The van der Waals surface area contributed by atoms with E-state index < -0.39 is 28.6 Å². The molecule has 1 fully saturated rings. The highest BCUT2D eigenvalue weighted by molar-refractivity contribution is 7.89. The van der Waals surface area contributed by atoms with Gasteiger partial charge in [-0.05, 0) is 37.0 Å². The highest BCUT2D eigenvalue weighted by atomic mass is 32.2. The van der Waals surface area contributed by atoms with Crippen LogP contribution in [0.25, 0.3) is 0 Å². The Morgan fingerprint density at radius 2 is 1.85 bits per heavy atom. The van der Waals surface area contributed by atoms with Crippen molar-refractivity contribution >= 4 is 21.9 Å². The predicted octanol–water partition coefficient (Wildman–Crippen LogP) is 1.39. The minimum absolute atomic E-state index is 0.0802. The zero-order chi connectivity index (χ0) is 20.2. The van der Waals surface area contributed by atoms with Gasteiger partial charge in [0.2, 0.25) is 15.9 Å². The number of nitrogens with zero attached hydrogens (tertiary/aromatic N) is 1. The average molecular weight is 398 g/mol. The maximum atomic E-state index is 12.8. The zero-order valence-electron chi connectivity index (χ0n) is 15.7. The molecule has 1 aliphatic heterocycles. The first-order chi connectivity index (χ1) is 12.6. The summed E-state index contributed by atoms with van der Waals surface area (Å²) in [4.78, 5) is 23.3. The van der Waals surface area contributed by atoms with Gasteiger partial charge in [-0.1, -0.05) is 26.0 Å². The Bertz CT molecular complexity index is 776. The summed E-state index contributed by atoms with van der Waals surface area (Å²) in [5, 5.41) is 11.5. The van der Waals surface area contributed by atoms with Gasteiger partial charge >= 0.3 is 5.97 Å². The van der Waals surface area contributed by atoms with Gasteiger partial charge in [-0.2, -0.15) is 4.31 Å². The van der Waals surface area contributed by atoms with Crippen molar-refractivity contribution in [2.75, 3.05) is 18.9 Å². The number of carbonyl (C=O) groups excluding carboxylic acids is 1. The van der Waals surface area contributed by atoms with Crippen LogP contribution in [-0.4, -0.2) is 54.7 Å². The summed E-state index contributed by atoms with van der Waals surface area (Å²) in [6.07, 6.45) is 0.534. The fourth-order valence-corrected chi connectivity index (χ4v) is 4.94. The molecule has 1 aromatic rings. The summed E-state index contributed by atoms with van der Waals surface area (Å²) in [5.41, 5.74) is 0.804. The van der Waals surface area contributed by atoms with Gasteiger partial charge < -0.3 is 15.2 Å². The third kappa shape index (κ3) is 5.43. The van der Waals surface area contributed by atoms with Crippen LogP contribution in [-0.2, 0) is 19.6 Å². The van der Waals surface area contributed by atoms with Crippen LogP contribution in [0.1, 0.15) is 38.8 Å². The van der Waals surface area contributed by atoms with Crippen molar-refractivity contribution < 1.29 is 27.9 Å². The molecule has 1 saturated heterocycles. The Balaban J connectivity index is 2.05. The third-order valence-electron chi connectivity index (χ3n) is 4.45. The van der Waals surface area contributed by atoms with Crippen molar-refractivity contribution in [3.8, 4) is 5.75 Å². The number of carboxylic acids is 1. The normalized spacial score (nSPS) is 18.8. The third-order valence-corrected chi connectivity index (χ3v) is 6.38. The van der Waals surface area contributed by atoms with Gasteiger partial charge in [0.25, 0.3) is 0 Å². The second-order valence-electron chi connectivity index (χ2n) is 6.95. The molecule has 1 aromatic carbocycles. The Morgan fingerprint density at radius 1 is 1.22 bits per heavy atom. The molecule has 0 spiro atoms. The Labute approximate surface area is 159 Å². The lowest BCUT2D eigenvalue weighted by Crippen LogP contribution is -2.50. The molecule has 0 aromatic heterocycles. The molecule has 150 valence electrons. The molecule has 0 aliphatic carbocycles. The Kier molecular flexibility index (Phi) is 6.83. The SMILES string of the molecule is CC(NC(=O)C(C(C)C)N1CCCS1(=O)=O)c1ccc(OCC(=O)O)cc1. The fraction of sp³-hybridized carbons (Fsp3) is 0.556. The van der Waals surface area contributed by atoms with Crippen molar-refractivity contribution in [1.29, 1.82) is 0 Å². The number of aliphatic carboxylic acids is 1. The highest BCUT2D eigenvalue weighted by Gasteiger charge is 2.40. The number of carbonyl (C=O) groups is 2. The van der Waals surface area contributed by atoms with Crippen LogP contribution in [0.5, 0.6) is 5.75 Å². The van der Waals surface area contributed by atoms with E-state index in [-0.39, 0.29) is 23.6 Å². The molecule has 27 heavy (non-hydrogen) atoms. The highest BCUT2D eigenvalue weighted by Crippen LogP contribution is 2.24. The molecule has 8 nitrogen and oxygen atoms in total. The van der Waals surface area contributed by atoms with Crippen LogP contribution in [0.2, 0.25) is 0 Å². The molecule has 9 heteroatoms. The molecule has 2 rings (SSSR count). The number of sulfonamides is 1. The zero-order valence-corrected chi connectivity index (χ0v) is 16.5. The summed E-state index contributed by atoms with van der Waals surface area (Å²) < 4.78 is 30.8. The van der Waals surface area contributed by atoms with Crippen molar-refractivity contribution in [3.05, 3.63) is 29.8 Å². The smallest absolute Gasteiger partial charge is 0.341 e. The van der Waals surface area contributed by atoms with Gasteiger partial charge in [0.05, 0.1) is 11.8 Å². The first-order valence-electron chi connectivity index (χ1n) is 8.86. The predicted molar refractivity (Wildman–Crippen MR) is 99.9 cm³/mol. The number of hydrogen-bond donors (Lipinski definition) is 2. The van der Waals surface area contributed by atoms with Crippen molar-refractivity contribution in [1.82, 2.24) is 9.62 Å². The minimum atomic E-state index is -3.39. The fourth-order valence-electron chi connectivity index (χ4n) is 3.12. The first kappa shape index (κ1) is 21.2. The van der Waals surface area contributed by atoms with Gasteiger partial charge in [0.1, 0.15) is 11.8 Å². The molecule has 0 radical (unpaired) electrons. The van der Waals surface area contributed by atoms with E-state index in [2.05, 4.69) is 5.32 Å². The van der Waals surface area contributed by atoms with E-state index in [1.807, 2.05) is 13.8 Å². The molecule has 1 amide bonds. The van der Waals surface area contributed by atoms with Crippen LogP contribution in [0.4, 0.5) is 0 Å². The standard InChI is InChI=1S/C18H26N2O6S/c1-12(2)17(20-9-4-10-27(20,24)25)18(23)19-13(3)14-5-7-15(8-6-14)26-11-16(21)22/h5-8,12-13,17H,4,9-11H2,1-3H3,(H,19,23)(H,21,22). The first-order valence-corrected chi connectivity index (χ1v) is 10.5. The van der Waals surface area contributed by atoms with Crippen LogP contribution >= 0.6 is 0 Å². The molecule has 0 saturated carbocycles. The van der Waals surface area contributed by atoms with Crippen molar-refractivity contribution in [2.24, 2.45) is 5.92 Å². The van der Waals surface area contributed by atoms with E-state index >= 15 is 0 Å². The van der Waals surface area contributed by atoms with Crippen LogP contribution < -0.4 is 10.1 Å². The maximum Gasteiger partial charge on any atom is 0.341 e. The summed E-state index contributed by atoms with van der Waals surface area (Å²) in [7, 11) is -3.39. The molecule has 2 N–H and O–H groups in total. The quantitative estimate of drug-likeness (QED) is 0.684. The van der Waals surface area contributed by atoms with E-state index in [0.29, 0.717) is 18.7 Å². The van der Waals surface area contributed by atoms with E-state index in [1.54, 1.807) is 31.2 Å². The lowest BCUT2D eigenvalue weighted by molar-refractivity contribution is -0.139. The Hall–Kier alpha value is -2.13. The molecular weight excluding hydrogens is 372 g/mol. The largest absolute Gasteiger partial charge is 0.482 e. The van der Waals surface area contributed by atoms with Crippen LogP contribution in [0.15, 0.2) is 24.3 Å².